The summed E-state index contributed by atoms with van der Waals surface area (Å²) < 4.78 is 6.18. The van der Waals surface area contributed by atoms with E-state index in [1.54, 1.807) is 18.2 Å². The number of ether oxygens (including phenoxy) is 1. The fraction of sp³-hybridized carbons (Fsp3) is 0.263. The van der Waals surface area contributed by atoms with E-state index in [0.29, 0.717) is 15.2 Å². The number of benzene rings is 2. The minimum absolute atomic E-state index is 0.125. The number of hydrazone groups is 1. The molecule has 2 aromatic rings. The molecule has 0 fully saturated rings. The largest absolute Gasteiger partial charge is 0.483 e. The molecule has 25 heavy (non-hydrogen) atoms. The van der Waals surface area contributed by atoms with Crippen LogP contribution in [0.5, 0.6) is 5.75 Å². The van der Waals surface area contributed by atoms with Crippen LogP contribution in [0.4, 0.5) is 0 Å². The molecular formula is C19H20BrClN2O2. The van der Waals surface area contributed by atoms with Crippen molar-refractivity contribution in [1.29, 1.82) is 0 Å². The van der Waals surface area contributed by atoms with Gasteiger partial charge in [0.2, 0.25) is 0 Å². The Balaban J connectivity index is 1.96. The summed E-state index contributed by atoms with van der Waals surface area (Å²) in [7, 11) is 0. The Morgan fingerprint density at radius 3 is 2.68 bits per heavy atom. The van der Waals surface area contributed by atoms with Crippen molar-refractivity contribution in [2.45, 2.75) is 26.2 Å². The number of rotatable bonds is 8. The van der Waals surface area contributed by atoms with E-state index in [9.17, 15) is 4.79 Å². The van der Waals surface area contributed by atoms with Crippen LogP contribution in [0, 0.1) is 0 Å². The topological polar surface area (TPSA) is 50.7 Å². The zero-order chi connectivity index (χ0) is 18.1. The van der Waals surface area contributed by atoms with E-state index in [4.69, 9.17) is 16.3 Å². The quantitative estimate of drug-likeness (QED) is 0.469. The molecule has 0 heterocycles. The van der Waals surface area contributed by atoms with Gasteiger partial charge in [0.25, 0.3) is 5.91 Å². The number of carbonyl (C=O) groups excluding carboxylic acids is 1. The third kappa shape index (κ3) is 6.52. The highest BCUT2D eigenvalue weighted by atomic mass is 79.9. The van der Waals surface area contributed by atoms with Gasteiger partial charge < -0.3 is 4.74 Å². The summed E-state index contributed by atoms with van der Waals surface area (Å²) in [4.78, 5) is 12.0. The summed E-state index contributed by atoms with van der Waals surface area (Å²) >= 11 is 9.23. The van der Waals surface area contributed by atoms with Crippen LogP contribution in [0.25, 0.3) is 0 Å². The van der Waals surface area contributed by atoms with Crippen LogP contribution < -0.4 is 10.2 Å². The Labute approximate surface area is 161 Å². The van der Waals surface area contributed by atoms with Gasteiger partial charge >= 0.3 is 0 Å². The van der Waals surface area contributed by atoms with Gasteiger partial charge in [-0.3, -0.25) is 4.79 Å². The van der Waals surface area contributed by atoms with Gasteiger partial charge in [-0.05, 0) is 52.5 Å². The molecule has 0 saturated heterocycles. The summed E-state index contributed by atoms with van der Waals surface area (Å²) in [6, 6.07) is 15.0. The summed E-state index contributed by atoms with van der Waals surface area (Å²) in [5.74, 6) is 0.240. The maximum absolute atomic E-state index is 12.0. The van der Waals surface area contributed by atoms with Crippen LogP contribution in [0.1, 0.15) is 31.7 Å². The van der Waals surface area contributed by atoms with Crippen molar-refractivity contribution >= 4 is 39.1 Å². The average molecular weight is 424 g/mol. The Morgan fingerprint density at radius 2 is 2.00 bits per heavy atom. The van der Waals surface area contributed by atoms with Gasteiger partial charge in [0.1, 0.15) is 5.75 Å². The summed E-state index contributed by atoms with van der Waals surface area (Å²) in [5.41, 5.74) is 4.45. The second kappa shape index (κ2) is 10.2. The fourth-order valence-corrected chi connectivity index (χ4v) is 2.93. The Kier molecular flexibility index (Phi) is 7.95. The molecule has 1 N–H and O–H groups in total. The van der Waals surface area contributed by atoms with Gasteiger partial charge in [0.05, 0.1) is 10.2 Å². The molecule has 2 aromatic carbocycles. The SMILES string of the molecule is CCCCC(=NNC(=O)COc1ccc(Cl)cc1Br)c1ccccc1. The van der Waals surface area contributed by atoms with E-state index >= 15 is 0 Å². The molecule has 0 aliphatic carbocycles. The van der Waals surface area contributed by atoms with Crippen molar-refractivity contribution in [3.05, 3.63) is 63.6 Å². The van der Waals surface area contributed by atoms with Crippen LogP contribution in [-0.2, 0) is 4.79 Å². The number of hydrogen-bond donors (Lipinski definition) is 1. The van der Waals surface area contributed by atoms with E-state index < -0.39 is 0 Å². The van der Waals surface area contributed by atoms with Crippen molar-refractivity contribution in [2.75, 3.05) is 6.61 Å². The van der Waals surface area contributed by atoms with Gasteiger partial charge in [-0.25, -0.2) is 5.43 Å². The monoisotopic (exact) mass is 422 g/mol. The van der Waals surface area contributed by atoms with Crippen molar-refractivity contribution < 1.29 is 9.53 Å². The van der Waals surface area contributed by atoms with Crippen molar-refractivity contribution in [1.82, 2.24) is 5.43 Å². The van der Waals surface area contributed by atoms with Crippen molar-refractivity contribution in [3.63, 3.8) is 0 Å². The lowest BCUT2D eigenvalue weighted by Gasteiger charge is -2.09. The molecule has 0 unspecified atom stereocenters. The standard InChI is InChI=1S/C19H20BrClN2O2/c1-2-3-9-17(14-7-5-4-6-8-14)22-23-19(24)13-25-18-11-10-15(21)12-16(18)20/h4-8,10-12H,2-3,9,13H2,1H3,(H,23,24). The Morgan fingerprint density at radius 1 is 1.24 bits per heavy atom. The van der Waals surface area contributed by atoms with Crippen molar-refractivity contribution in [2.24, 2.45) is 5.10 Å². The third-order valence-corrected chi connectivity index (χ3v) is 4.30. The molecule has 0 radical (unpaired) electrons. The zero-order valence-corrected chi connectivity index (χ0v) is 16.3. The minimum Gasteiger partial charge on any atom is -0.483 e. The first-order valence-corrected chi connectivity index (χ1v) is 9.26. The maximum Gasteiger partial charge on any atom is 0.277 e. The summed E-state index contributed by atoms with van der Waals surface area (Å²) in [6.07, 6.45) is 2.88. The first kappa shape index (κ1) is 19.5. The number of nitrogens with one attached hydrogen (secondary N) is 1. The lowest BCUT2D eigenvalue weighted by molar-refractivity contribution is -0.123. The zero-order valence-electron chi connectivity index (χ0n) is 14.0. The second-order valence-electron chi connectivity index (χ2n) is 5.43. The fourth-order valence-electron chi connectivity index (χ4n) is 2.14. The third-order valence-electron chi connectivity index (χ3n) is 3.44. The van der Waals surface area contributed by atoms with Crippen LogP contribution in [0.15, 0.2) is 58.1 Å². The van der Waals surface area contributed by atoms with E-state index in [1.807, 2.05) is 30.3 Å². The van der Waals surface area contributed by atoms with E-state index in [1.165, 1.54) is 0 Å². The second-order valence-corrected chi connectivity index (χ2v) is 6.72. The van der Waals surface area contributed by atoms with Crippen LogP contribution in [0.3, 0.4) is 0 Å². The van der Waals surface area contributed by atoms with E-state index in [2.05, 4.69) is 33.4 Å². The maximum atomic E-state index is 12.0. The molecule has 0 atom stereocenters. The highest BCUT2D eigenvalue weighted by molar-refractivity contribution is 9.10. The summed E-state index contributed by atoms with van der Waals surface area (Å²) in [6.45, 7) is 2.00. The van der Waals surface area contributed by atoms with Gasteiger partial charge in [0.15, 0.2) is 6.61 Å². The molecule has 0 spiro atoms. The van der Waals surface area contributed by atoms with Crippen molar-refractivity contribution in [3.8, 4) is 5.75 Å². The molecule has 2 rings (SSSR count). The van der Waals surface area contributed by atoms with E-state index in [-0.39, 0.29) is 12.5 Å². The predicted octanol–water partition coefficient (Wildman–Crippen LogP) is 5.19. The van der Waals surface area contributed by atoms with Gasteiger partial charge in [-0.15, -0.1) is 0 Å². The van der Waals surface area contributed by atoms with E-state index in [0.717, 1.165) is 30.5 Å². The highest BCUT2D eigenvalue weighted by Crippen LogP contribution is 2.27. The molecule has 0 aliphatic rings. The predicted molar refractivity (Wildman–Crippen MR) is 105 cm³/mol. The molecule has 1 amide bonds. The smallest absolute Gasteiger partial charge is 0.277 e. The van der Waals surface area contributed by atoms with Crippen LogP contribution in [0.2, 0.25) is 5.02 Å². The number of carbonyl (C=O) groups is 1. The first-order chi connectivity index (χ1) is 12.1. The molecule has 6 heteroatoms. The Bertz CT molecular complexity index is 735. The molecule has 0 saturated carbocycles. The highest BCUT2D eigenvalue weighted by Gasteiger charge is 2.07. The number of unbranched alkanes of at least 4 members (excludes halogenated alkanes) is 1. The van der Waals surface area contributed by atoms with Gasteiger partial charge in [0, 0.05) is 5.02 Å². The molecular weight excluding hydrogens is 404 g/mol. The first-order valence-electron chi connectivity index (χ1n) is 8.09. The lowest BCUT2D eigenvalue weighted by Crippen LogP contribution is -2.26. The number of nitrogens with zero attached hydrogens (tertiary/aromatic N) is 1. The molecule has 4 nitrogen and oxygen atoms in total. The molecule has 0 bridgehead atoms. The molecule has 132 valence electrons. The van der Waals surface area contributed by atoms with Crippen LogP contribution in [-0.4, -0.2) is 18.2 Å². The lowest BCUT2D eigenvalue weighted by atomic mass is 10.1. The normalized spacial score (nSPS) is 11.2. The summed E-state index contributed by atoms with van der Waals surface area (Å²) in [5, 5.41) is 4.88. The van der Waals surface area contributed by atoms with Gasteiger partial charge in [-0.1, -0.05) is 55.3 Å². The minimum atomic E-state index is -0.313. The average Bonchev–Trinajstić information content (AvgIpc) is 2.62. The Hall–Kier alpha value is -1.85. The van der Waals surface area contributed by atoms with Gasteiger partial charge in [-0.2, -0.15) is 5.10 Å². The molecule has 0 aromatic heterocycles. The number of halogens is 2. The number of amides is 1. The number of hydrogen-bond acceptors (Lipinski definition) is 3. The molecule has 0 aliphatic heterocycles. The van der Waals surface area contributed by atoms with Crippen LogP contribution >= 0.6 is 27.5 Å².